The molecule has 12 nitrogen and oxygen atoms in total. The van der Waals surface area contributed by atoms with Gasteiger partial charge in [-0.1, -0.05) is 194 Å². The molecule has 8 N–H and O–H groups in total. The topological polar surface area (TPSA) is 163 Å². The van der Waals surface area contributed by atoms with Gasteiger partial charge in [0.25, 0.3) is 0 Å². The van der Waals surface area contributed by atoms with Gasteiger partial charge >= 0.3 is 0 Å². The van der Waals surface area contributed by atoms with Crippen molar-refractivity contribution in [1.82, 2.24) is 39.9 Å². The maximum atomic E-state index is 7.13. The van der Waals surface area contributed by atoms with Crippen LogP contribution in [0, 0.1) is 55.4 Å². The fraction of sp³-hybridized carbons (Fsp3) is 0.145. The maximum absolute atomic E-state index is 7.13. The third-order valence-corrected chi connectivity index (χ3v) is 25.8. The molecular weight excluding hydrogens is 1500 g/mol. The molecule has 0 spiro atoms. The predicted molar refractivity (Wildman–Crippen MR) is 498 cm³/mol. The van der Waals surface area contributed by atoms with Crippen molar-refractivity contribution < 1.29 is 18.9 Å². The highest BCUT2D eigenvalue weighted by Crippen LogP contribution is 2.49. The van der Waals surface area contributed by atoms with E-state index in [4.69, 9.17) is 18.9 Å². The van der Waals surface area contributed by atoms with Gasteiger partial charge in [-0.2, -0.15) is 0 Å². The molecule has 12 heteroatoms. The minimum absolute atomic E-state index is 0.0864. The Kier molecular flexibility index (Phi) is 19.0. The van der Waals surface area contributed by atoms with E-state index in [0.29, 0.717) is 0 Å². The van der Waals surface area contributed by atoms with Gasteiger partial charge in [-0.25, -0.2) is 0 Å². The van der Waals surface area contributed by atoms with Gasteiger partial charge in [-0.3, -0.25) is 0 Å². The van der Waals surface area contributed by atoms with Crippen LogP contribution in [0.2, 0.25) is 0 Å². The number of aryl methyl sites for hydroxylation is 8. The molecule has 21 aromatic rings. The second kappa shape index (κ2) is 30.9. The summed E-state index contributed by atoms with van der Waals surface area (Å²) in [4.78, 5) is 29.9. The molecule has 0 unspecified atom stereocenters. The van der Waals surface area contributed by atoms with E-state index in [-0.39, 0.29) is 50.1 Å². The number of aromatic amines is 8. The third-order valence-electron chi connectivity index (χ3n) is 25.8. The van der Waals surface area contributed by atoms with Gasteiger partial charge in [0.1, 0.15) is 49.4 Å². The van der Waals surface area contributed by atoms with Crippen molar-refractivity contribution in [1.29, 1.82) is 0 Å². The van der Waals surface area contributed by atoms with E-state index in [1.807, 2.05) is 0 Å². The average Bonchev–Trinajstić information content (AvgIpc) is 1.61. The molecule has 0 aliphatic rings. The van der Waals surface area contributed by atoms with Crippen molar-refractivity contribution in [2.24, 2.45) is 0 Å². The highest BCUT2D eigenvalue weighted by atomic mass is 16.5. The van der Waals surface area contributed by atoms with Crippen LogP contribution in [0.5, 0.6) is 23.0 Å². The summed E-state index contributed by atoms with van der Waals surface area (Å²) in [5, 5.41) is 9.66. The summed E-state index contributed by atoms with van der Waals surface area (Å²) in [5.41, 5.74) is 36.6. The Morgan fingerprint density at radius 1 is 0.180 bits per heavy atom. The highest BCUT2D eigenvalue weighted by Gasteiger charge is 2.33. The molecule has 0 fully saturated rings. The van der Waals surface area contributed by atoms with Crippen LogP contribution in [0.3, 0.4) is 0 Å². The number of benzene rings is 13. The van der Waals surface area contributed by atoms with E-state index >= 15 is 0 Å². The van der Waals surface area contributed by atoms with Crippen molar-refractivity contribution in [3.05, 3.63) is 438 Å². The van der Waals surface area contributed by atoms with Crippen molar-refractivity contribution in [2.45, 2.75) is 105 Å². The quantitative estimate of drug-likeness (QED) is 0.0302. The lowest BCUT2D eigenvalue weighted by atomic mass is 9.82. The molecule has 0 saturated heterocycles. The number of hydrogen-bond donors (Lipinski definition) is 8. The van der Waals surface area contributed by atoms with Gasteiger partial charge in [0.05, 0.1) is 0 Å². The standard InChI is InChI=1S/C110H94N8O4/c1-63-99(83-25-9-17-33-91(83)111-63)107(100-64(2)112-92-34-18-10-26-84(92)100)71-41-49-79(50-42-71)119-59-75-57-77(61-121-81-53-45-73(46-54-81)109(103-67(5)115-95-37-21-13-29-87(95)103)104-68(6)116-96-38-22-14-30-88(96)104)78(62-122-82-55-47-74(48-56-82)110(105-69(7)117-97-39-23-15-31-89(97)105)106-70(8)118-98-40-24-16-32-90(98)106)58-76(75)60-120-80-51-43-72(44-52-80)108(101-65(3)113-93-35-19-11-27-85(93)101)102-66(4)114-94-36-20-12-28-86(94)102/h9-58,107-118H,59-62H2,1-8H3. The lowest BCUT2D eigenvalue weighted by Gasteiger charge is -2.22. The molecule has 0 radical (unpaired) electrons. The second-order valence-electron chi connectivity index (χ2n) is 33.2. The Bertz CT molecular complexity index is 6310. The van der Waals surface area contributed by atoms with Gasteiger partial charge in [0.15, 0.2) is 0 Å². The Morgan fingerprint density at radius 2 is 0.320 bits per heavy atom. The summed E-state index contributed by atoms with van der Waals surface area (Å²) < 4.78 is 28.5. The number of para-hydroxylation sites is 8. The van der Waals surface area contributed by atoms with Crippen LogP contribution >= 0.6 is 0 Å². The van der Waals surface area contributed by atoms with Crippen molar-refractivity contribution in [3.8, 4) is 23.0 Å². The molecule has 13 aromatic carbocycles. The summed E-state index contributed by atoms with van der Waals surface area (Å²) in [6, 6.07) is 109. The zero-order chi connectivity index (χ0) is 82.4. The first-order chi connectivity index (χ1) is 59.8. The number of nitrogens with one attached hydrogen (secondary N) is 8. The molecule has 0 aliphatic carbocycles. The van der Waals surface area contributed by atoms with Crippen LogP contribution in [0.1, 0.15) is 158 Å². The van der Waals surface area contributed by atoms with E-state index in [1.54, 1.807) is 0 Å². The minimum atomic E-state index is -0.0864. The summed E-state index contributed by atoms with van der Waals surface area (Å²) in [6.45, 7) is 18.5. The van der Waals surface area contributed by atoms with E-state index in [1.165, 1.54) is 87.6 Å². The minimum Gasteiger partial charge on any atom is -0.489 e. The van der Waals surface area contributed by atoms with Crippen molar-refractivity contribution in [3.63, 3.8) is 0 Å². The summed E-state index contributed by atoms with van der Waals surface area (Å²) in [5.74, 6) is 2.62. The van der Waals surface area contributed by atoms with Crippen LogP contribution in [0.25, 0.3) is 87.2 Å². The van der Waals surface area contributed by atoms with Crippen molar-refractivity contribution in [2.75, 3.05) is 0 Å². The summed E-state index contributed by atoms with van der Waals surface area (Å²) in [7, 11) is 0. The molecule has 0 amide bonds. The van der Waals surface area contributed by atoms with E-state index < -0.39 is 0 Å². The first-order valence-corrected chi connectivity index (χ1v) is 42.4. The fourth-order valence-corrected chi connectivity index (χ4v) is 20.3. The highest BCUT2D eigenvalue weighted by molar-refractivity contribution is 5.96. The molecule has 122 heavy (non-hydrogen) atoms. The summed E-state index contributed by atoms with van der Waals surface area (Å²) >= 11 is 0. The molecular formula is C110H94N8O4. The van der Waals surface area contributed by atoms with Gasteiger partial charge in [0, 0.05) is 156 Å². The number of fused-ring (bicyclic) bond motifs is 8. The number of H-pyrrole nitrogens is 8. The monoisotopic (exact) mass is 1590 g/mol. The van der Waals surface area contributed by atoms with Crippen LogP contribution < -0.4 is 18.9 Å². The van der Waals surface area contributed by atoms with Gasteiger partial charge in [0.2, 0.25) is 0 Å². The molecule has 21 rings (SSSR count). The van der Waals surface area contributed by atoms with Crippen LogP contribution in [0.15, 0.2) is 303 Å². The Labute approximate surface area is 708 Å². The Morgan fingerprint density at radius 3 is 0.467 bits per heavy atom. The lowest BCUT2D eigenvalue weighted by Crippen LogP contribution is -2.11. The smallest absolute Gasteiger partial charge is 0.119 e. The second-order valence-corrected chi connectivity index (χ2v) is 33.2. The largest absolute Gasteiger partial charge is 0.489 e. The lowest BCUT2D eigenvalue weighted by molar-refractivity contribution is 0.275. The van der Waals surface area contributed by atoms with Gasteiger partial charge in [-0.15, -0.1) is 0 Å². The number of ether oxygens (including phenoxy) is 4. The van der Waals surface area contributed by atoms with Crippen LogP contribution in [-0.2, 0) is 26.4 Å². The normalized spacial score (nSPS) is 12.0. The number of hydrogen-bond acceptors (Lipinski definition) is 4. The molecule has 8 aromatic heterocycles. The zero-order valence-electron chi connectivity index (χ0n) is 69.6. The fourth-order valence-electron chi connectivity index (χ4n) is 20.3. The molecule has 0 atom stereocenters. The maximum Gasteiger partial charge on any atom is 0.119 e. The van der Waals surface area contributed by atoms with Crippen LogP contribution in [-0.4, -0.2) is 39.9 Å². The van der Waals surface area contributed by atoms with E-state index in [0.717, 1.165) is 157 Å². The van der Waals surface area contributed by atoms with Crippen molar-refractivity contribution >= 4 is 87.2 Å². The van der Waals surface area contributed by atoms with E-state index in [2.05, 4.69) is 399 Å². The molecule has 0 saturated carbocycles. The molecule has 598 valence electrons. The van der Waals surface area contributed by atoms with Gasteiger partial charge in [-0.05, 0) is 254 Å². The van der Waals surface area contributed by atoms with E-state index in [9.17, 15) is 0 Å². The molecule has 8 heterocycles. The van der Waals surface area contributed by atoms with Gasteiger partial charge < -0.3 is 58.8 Å². The number of aromatic nitrogens is 8. The predicted octanol–water partition coefficient (Wildman–Crippen LogP) is 27.0. The first kappa shape index (κ1) is 74.9. The summed E-state index contributed by atoms with van der Waals surface area (Å²) in [6.07, 6.45) is 0. The third kappa shape index (κ3) is 13.3. The number of rotatable bonds is 24. The van der Waals surface area contributed by atoms with Crippen LogP contribution in [0.4, 0.5) is 0 Å². The first-order valence-electron chi connectivity index (χ1n) is 42.4. The SMILES string of the molecule is Cc1[nH]c2ccccc2c1C(c1ccc(OCc2cc(COc3ccc(C(c4c(C)[nH]c5ccccc45)c4c(C)[nH]c5ccccc45)cc3)c(COc3ccc(C(c4c(C)[nH]c5ccccc45)c4c(C)[nH]c5ccccc45)cc3)cc2COc2ccc(C(c3c(C)[nH]c4ccccc34)c3c(C)[nH]c4ccccc34)cc2)cc1)c1c(C)[nH]c2ccccc12. The average molecular weight is 1590 g/mol. The zero-order valence-corrected chi connectivity index (χ0v) is 69.6. The Balaban J connectivity index is 0.661. The Hall–Kier alpha value is -14.6. The molecule has 0 bridgehead atoms. The molecule has 0 aliphatic heterocycles.